The van der Waals surface area contributed by atoms with Gasteiger partial charge in [-0.3, -0.25) is 0 Å². The van der Waals surface area contributed by atoms with Crippen molar-refractivity contribution in [3.8, 4) is 0 Å². The van der Waals surface area contributed by atoms with E-state index >= 15 is 0 Å². The van der Waals surface area contributed by atoms with E-state index < -0.39 is 5.54 Å². The zero-order chi connectivity index (χ0) is 14.8. The Balaban J connectivity index is 2.45. The van der Waals surface area contributed by atoms with Gasteiger partial charge < -0.3 is 5.73 Å². The summed E-state index contributed by atoms with van der Waals surface area (Å²) in [5.41, 5.74) is 9.33. The average molecular weight is 353 g/mol. The molecule has 0 aliphatic carbocycles. The van der Waals surface area contributed by atoms with Crippen LogP contribution in [0.1, 0.15) is 37.0 Å². The number of halogens is 2. The van der Waals surface area contributed by atoms with E-state index in [-0.39, 0.29) is 0 Å². The second kappa shape index (κ2) is 6.30. The molecule has 1 unspecified atom stereocenters. The Kier molecular flexibility index (Phi) is 4.90. The van der Waals surface area contributed by atoms with E-state index in [0.717, 1.165) is 28.4 Å². The zero-order valence-electron chi connectivity index (χ0n) is 11.8. The van der Waals surface area contributed by atoms with Gasteiger partial charge in [-0.25, -0.2) is 0 Å². The molecule has 0 aromatic heterocycles. The van der Waals surface area contributed by atoms with E-state index in [1.165, 1.54) is 5.56 Å². The summed E-state index contributed by atoms with van der Waals surface area (Å²) in [4.78, 5) is 0. The van der Waals surface area contributed by atoms with Crippen LogP contribution in [0.4, 0.5) is 0 Å². The van der Waals surface area contributed by atoms with E-state index in [1.807, 2.05) is 25.1 Å². The van der Waals surface area contributed by atoms with Crippen molar-refractivity contribution in [3.63, 3.8) is 0 Å². The number of hydrogen-bond acceptors (Lipinski definition) is 1. The van der Waals surface area contributed by atoms with Crippen molar-refractivity contribution < 1.29 is 0 Å². The third kappa shape index (κ3) is 3.25. The monoisotopic (exact) mass is 351 g/mol. The van der Waals surface area contributed by atoms with Gasteiger partial charge in [0.15, 0.2) is 0 Å². The smallest absolute Gasteiger partial charge is 0.0651 e. The predicted octanol–water partition coefficient (Wildman–Crippen LogP) is 5.28. The van der Waals surface area contributed by atoms with Crippen molar-refractivity contribution in [1.29, 1.82) is 0 Å². The van der Waals surface area contributed by atoms with Crippen molar-refractivity contribution in [2.75, 3.05) is 0 Å². The normalized spacial score (nSPS) is 14.1. The first-order valence-corrected chi connectivity index (χ1v) is 7.96. The molecule has 1 nitrogen and oxygen atoms in total. The summed E-state index contributed by atoms with van der Waals surface area (Å²) >= 11 is 9.78. The van der Waals surface area contributed by atoms with Crippen LogP contribution in [0.3, 0.4) is 0 Å². The van der Waals surface area contributed by atoms with E-state index in [1.54, 1.807) is 0 Å². The number of rotatable bonds is 4. The highest BCUT2D eigenvalue weighted by Crippen LogP contribution is 2.33. The van der Waals surface area contributed by atoms with Crippen LogP contribution in [0.5, 0.6) is 0 Å². The maximum absolute atomic E-state index is 6.58. The molecule has 2 aromatic carbocycles. The molecule has 1 atom stereocenters. The highest BCUT2D eigenvalue weighted by Gasteiger charge is 2.26. The van der Waals surface area contributed by atoms with Crippen molar-refractivity contribution in [2.24, 2.45) is 5.73 Å². The van der Waals surface area contributed by atoms with Gasteiger partial charge in [-0.1, -0.05) is 71.2 Å². The molecule has 0 amide bonds. The van der Waals surface area contributed by atoms with E-state index in [9.17, 15) is 0 Å². The summed E-state index contributed by atoms with van der Waals surface area (Å²) in [6.07, 6.45) is 2.20. The highest BCUT2D eigenvalue weighted by molar-refractivity contribution is 9.10. The van der Waals surface area contributed by atoms with Crippen LogP contribution in [0.2, 0.25) is 5.02 Å². The van der Waals surface area contributed by atoms with Crippen LogP contribution >= 0.6 is 27.5 Å². The molecule has 3 heteroatoms. The predicted molar refractivity (Wildman–Crippen MR) is 90.2 cm³/mol. The molecule has 0 fully saturated rings. The molecule has 0 aliphatic heterocycles. The fraction of sp³-hybridized carbons (Fsp3) is 0.294. The molecule has 106 valence electrons. The first-order valence-electron chi connectivity index (χ1n) is 6.79. The van der Waals surface area contributed by atoms with Crippen LogP contribution in [-0.4, -0.2) is 0 Å². The number of nitrogens with two attached hydrogens (primary N) is 1. The SMILES string of the molecule is CCCc1cccc(C(C)(N)c2ccc(Br)cc2Cl)c1. The number of aryl methyl sites for hydroxylation is 1. The van der Waals surface area contributed by atoms with Gasteiger partial charge in [-0.05, 0) is 42.2 Å². The molecule has 0 radical (unpaired) electrons. The molecule has 0 saturated heterocycles. The minimum absolute atomic E-state index is 0.596. The first-order chi connectivity index (χ1) is 9.45. The molecule has 20 heavy (non-hydrogen) atoms. The summed E-state index contributed by atoms with van der Waals surface area (Å²) in [7, 11) is 0. The fourth-order valence-electron chi connectivity index (χ4n) is 2.40. The fourth-order valence-corrected chi connectivity index (χ4v) is 3.27. The summed E-state index contributed by atoms with van der Waals surface area (Å²) in [6, 6.07) is 14.3. The zero-order valence-corrected chi connectivity index (χ0v) is 14.1. The summed E-state index contributed by atoms with van der Waals surface area (Å²) < 4.78 is 0.960. The van der Waals surface area contributed by atoms with E-state index in [2.05, 4.69) is 47.1 Å². The van der Waals surface area contributed by atoms with Crippen LogP contribution < -0.4 is 5.73 Å². The topological polar surface area (TPSA) is 26.0 Å². The summed E-state index contributed by atoms with van der Waals surface area (Å²) in [5, 5.41) is 0.685. The molecular weight excluding hydrogens is 334 g/mol. The average Bonchev–Trinajstić information content (AvgIpc) is 2.39. The molecular formula is C17H19BrClN. The van der Waals surface area contributed by atoms with Gasteiger partial charge in [-0.2, -0.15) is 0 Å². The third-order valence-electron chi connectivity index (χ3n) is 3.56. The van der Waals surface area contributed by atoms with Gasteiger partial charge in [0.25, 0.3) is 0 Å². The lowest BCUT2D eigenvalue weighted by Gasteiger charge is -2.27. The molecule has 0 aliphatic rings. The Morgan fingerprint density at radius 2 is 1.95 bits per heavy atom. The van der Waals surface area contributed by atoms with Crippen molar-refractivity contribution in [1.82, 2.24) is 0 Å². The molecule has 2 N–H and O–H groups in total. The number of benzene rings is 2. The number of hydrogen-bond donors (Lipinski definition) is 1. The molecule has 2 rings (SSSR count). The van der Waals surface area contributed by atoms with Crippen molar-refractivity contribution in [2.45, 2.75) is 32.2 Å². The minimum Gasteiger partial charge on any atom is -0.318 e. The van der Waals surface area contributed by atoms with Gasteiger partial charge in [-0.15, -0.1) is 0 Å². The van der Waals surface area contributed by atoms with E-state index in [4.69, 9.17) is 17.3 Å². The Hall–Kier alpha value is -0.830. The Bertz CT molecular complexity index is 608. The molecule has 0 spiro atoms. The van der Waals surface area contributed by atoms with Gasteiger partial charge in [0.2, 0.25) is 0 Å². The van der Waals surface area contributed by atoms with Crippen LogP contribution in [-0.2, 0) is 12.0 Å². The Morgan fingerprint density at radius 1 is 1.20 bits per heavy atom. The third-order valence-corrected chi connectivity index (χ3v) is 4.36. The lowest BCUT2D eigenvalue weighted by molar-refractivity contribution is 0.602. The Labute approximate surface area is 134 Å². The highest BCUT2D eigenvalue weighted by atomic mass is 79.9. The van der Waals surface area contributed by atoms with Crippen LogP contribution in [0.15, 0.2) is 46.9 Å². The lowest BCUT2D eigenvalue weighted by atomic mass is 9.84. The maximum Gasteiger partial charge on any atom is 0.0651 e. The maximum atomic E-state index is 6.58. The van der Waals surface area contributed by atoms with Gasteiger partial charge in [0.05, 0.1) is 5.54 Å². The van der Waals surface area contributed by atoms with Gasteiger partial charge in [0, 0.05) is 9.50 Å². The first kappa shape index (κ1) is 15.6. The molecule has 0 saturated carbocycles. The second-order valence-corrected chi connectivity index (χ2v) is 6.60. The van der Waals surface area contributed by atoms with Crippen LogP contribution in [0.25, 0.3) is 0 Å². The molecule has 0 bridgehead atoms. The van der Waals surface area contributed by atoms with Gasteiger partial charge >= 0.3 is 0 Å². The molecule has 0 heterocycles. The molecule has 2 aromatic rings. The van der Waals surface area contributed by atoms with Crippen molar-refractivity contribution in [3.05, 3.63) is 68.7 Å². The minimum atomic E-state index is -0.596. The quantitative estimate of drug-likeness (QED) is 0.796. The second-order valence-electron chi connectivity index (χ2n) is 5.28. The summed E-state index contributed by atoms with van der Waals surface area (Å²) in [6.45, 7) is 4.19. The summed E-state index contributed by atoms with van der Waals surface area (Å²) in [5.74, 6) is 0. The largest absolute Gasteiger partial charge is 0.318 e. The lowest BCUT2D eigenvalue weighted by Crippen LogP contribution is -2.34. The van der Waals surface area contributed by atoms with E-state index in [0.29, 0.717) is 5.02 Å². The van der Waals surface area contributed by atoms with Gasteiger partial charge in [0.1, 0.15) is 0 Å². The standard InChI is InChI=1S/C17H19BrClN/c1-3-5-12-6-4-7-13(10-12)17(2,20)15-9-8-14(18)11-16(15)19/h4,6-11H,3,5,20H2,1-2H3. The Morgan fingerprint density at radius 3 is 2.60 bits per heavy atom. The van der Waals surface area contributed by atoms with Crippen LogP contribution in [0, 0.1) is 0 Å². The van der Waals surface area contributed by atoms with Crippen molar-refractivity contribution >= 4 is 27.5 Å².